The number of anilines is 1. The first-order valence-electron chi connectivity index (χ1n) is 14.7. The van der Waals surface area contributed by atoms with E-state index in [9.17, 15) is 4.79 Å². The van der Waals surface area contributed by atoms with Crippen molar-refractivity contribution in [2.24, 2.45) is 40.4 Å². The summed E-state index contributed by atoms with van der Waals surface area (Å²) in [6, 6.07) is 8.29. The van der Waals surface area contributed by atoms with E-state index in [1.807, 2.05) is 0 Å². The summed E-state index contributed by atoms with van der Waals surface area (Å²) < 4.78 is 3.07. The minimum absolute atomic E-state index is 0.178. The van der Waals surface area contributed by atoms with Gasteiger partial charge in [-0.05, 0) is 148 Å². The quantitative estimate of drug-likeness (QED) is 0.355. The van der Waals surface area contributed by atoms with Crippen molar-refractivity contribution in [2.75, 3.05) is 11.9 Å². The summed E-state index contributed by atoms with van der Waals surface area (Å²) in [5.41, 5.74) is 2.29. The van der Waals surface area contributed by atoms with E-state index >= 15 is 0 Å². The van der Waals surface area contributed by atoms with Crippen molar-refractivity contribution >= 4 is 23.5 Å². The van der Waals surface area contributed by atoms with Crippen LogP contribution >= 0.6 is 11.9 Å². The van der Waals surface area contributed by atoms with Gasteiger partial charge in [-0.1, -0.05) is 26.7 Å². The topological polar surface area (TPSA) is 41.1 Å². The van der Waals surface area contributed by atoms with Gasteiger partial charge >= 0.3 is 0 Å². The van der Waals surface area contributed by atoms with Crippen LogP contribution in [0.4, 0.5) is 5.69 Å². The number of carbonyl (C=O) groups is 1. The summed E-state index contributed by atoms with van der Waals surface area (Å²) in [7, 11) is 0. The molecule has 35 heavy (non-hydrogen) atoms. The number of fused-ring (bicyclic) bond motifs is 5. The zero-order chi connectivity index (χ0) is 24.5. The molecule has 3 nitrogen and oxygen atoms in total. The van der Waals surface area contributed by atoms with Crippen molar-refractivity contribution in [1.82, 2.24) is 4.72 Å². The van der Waals surface area contributed by atoms with Crippen LogP contribution in [0.2, 0.25) is 0 Å². The van der Waals surface area contributed by atoms with Gasteiger partial charge in [0.15, 0.2) is 0 Å². The van der Waals surface area contributed by atoms with Crippen LogP contribution < -0.4 is 10.0 Å². The van der Waals surface area contributed by atoms with E-state index in [0.717, 1.165) is 53.1 Å². The van der Waals surface area contributed by atoms with Crippen LogP contribution in [-0.4, -0.2) is 12.5 Å². The van der Waals surface area contributed by atoms with Crippen LogP contribution in [0, 0.1) is 40.4 Å². The maximum Gasteiger partial charge on any atom is 0.230 e. The third-order valence-electron chi connectivity index (χ3n) is 11.3. The molecule has 1 amide bonds. The lowest BCUT2D eigenvalue weighted by atomic mass is 9.45. The highest BCUT2D eigenvalue weighted by Gasteiger charge is 2.59. The van der Waals surface area contributed by atoms with Crippen molar-refractivity contribution in [2.45, 2.75) is 109 Å². The Morgan fingerprint density at radius 2 is 1.74 bits per heavy atom. The summed E-state index contributed by atoms with van der Waals surface area (Å²) in [4.78, 5) is 13.6. The number of rotatable bonds is 8. The first-order chi connectivity index (χ1) is 16.9. The minimum atomic E-state index is 0.178. The van der Waals surface area contributed by atoms with Crippen LogP contribution in [0.15, 0.2) is 29.2 Å². The largest absolute Gasteiger partial charge is 0.385 e. The monoisotopic (exact) mass is 496 g/mol. The molecule has 1 aromatic carbocycles. The lowest BCUT2D eigenvalue weighted by molar-refractivity contribution is -0.119. The number of carbonyl (C=O) groups excluding carboxylic acids is 1. The molecule has 4 aliphatic carbocycles. The average Bonchev–Trinajstić information content (AvgIpc) is 3.20. The standard InChI is InChI=1S/C31H48N2OS/c1-4-32-24-13-15-25(16-14-24)35-33-29(34)10-7-9-23-12-18-27-26-17-11-22-8-5-6-20-30(22,2)28(26)19-21-31(23,27)3/h13-16,22-23,26-28,32H,4-12,17-21H2,1-3H3,(H,33,34). The highest BCUT2D eigenvalue weighted by atomic mass is 32.2. The third kappa shape index (κ3) is 5.03. The molecule has 0 spiro atoms. The summed E-state index contributed by atoms with van der Waals surface area (Å²) in [6.45, 7) is 8.36. The van der Waals surface area contributed by atoms with E-state index < -0.39 is 0 Å². The molecule has 4 fully saturated rings. The van der Waals surface area contributed by atoms with Crippen LogP contribution in [0.3, 0.4) is 0 Å². The maximum atomic E-state index is 12.5. The summed E-state index contributed by atoms with van der Waals surface area (Å²) in [6.07, 6.45) is 17.7. The molecule has 7 atom stereocenters. The summed E-state index contributed by atoms with van der Waals surface area (Å²) >= 11 is 1.45. The predicted octanol–water partition coefficient (Wildman–Crippen LogP) is 8.46. The van der Waals surface area contributed by atoms with Crippen LogP contribution in [0.1, 0.15) is 104 Å². The van der Waals surface area contributed by atoms with Crippen molar-refractivity contribution in [1.29, 1.82) is 0 Å². The van der Waals surface area contributed by atoms with Gasteiger partial charge in [-0.3, -0.25) is 9.52 Å². The molecule has 4 aliphatic rings. The Morgan fingerprint density at radius 1 is 0.943 bits per heavy atom. The normalized spacial score (nSPS) is 38.2. The Bertz CT molecular complexity index is 871. The van der Waals surface area contributed by atoms with E-state index in [1.54, 1.807) is 0 Å². The van der Waals surface area contributed by atoms with Gasteiger partial charge in [0.05, 0.1) is 0 Å². The molecule has 2 N–H and O–H groups in total. The zero-order valence-corrected chi connectivity index (χ0v) is 23.2. The molecule has 0 bridgehead atoms. The molecule has 0 aromatic heterocycles. The zero-order valence-electron chi connectivity index (χ0n) is 22.4. The molecular weight excluding hydrogens is 448 g/mol. The van der Waals surface area contributed by atoms with Gasteiger partial charge in [0.2, 0.25) is 5.91 Å². The van der Waals surface area contributed by atoms with E-state index in [1.165, 1.54) is 82.6 Å². The van der Waals surface area contributed by atoms with Crippen molar-refractivity contribution in [3.63, 3.8) is 0 Å². The highest BCUT2D eigenvalue weighted by molar-refractivity contribution is 7.98. The molecule has 194 valence electrons. The highest BCUT2D eigenvalue weighted by Crippen LogP contribution is 2.67. The lowest BCUT2D eigenvalue weighted by Gasteiger charge is -2.60. The van der Waals surface area contributed by atoms with Gasteiger partial charge in [0, 0.05) is 23.5 Å². The number of benzene rings is 1. The Kier molecular flexibility index (Phi) is 7.78. The molecule has 0 radical (unpaired) electrons. The lowest BCUT2D eigenvalue weighted by Crippen LogP contribution is -2.52. The van der Waals surface area contributed by atoms with Crippen LogP contribution in [-0.2, 0) is 4.79 Å². The molecule has 0 heterocycles. The Morgan fingerprint density at radius 3 is 2.54 bits per heavy atom. The van der Waals surface area contributed by atoms with Gasteiger partial charge in [-0.25, -0.2) is 0 Å². The molecular formula is C31H48N2OS. The van der Waals surface area contributed by atoms with E-state index in [2.05, 4.69) is 55.1 Å². The van der Waals surface area contributed by atoms with Gasteiger partial charge < -0.3 is 5.32 Å². The molecule has 4 saturated carbocycles. The van der Waals surface area contributed by atoms with Gasteiger partial charge in [-0.2, -0.15) is 0 Å². The molecule has 0 aliphatic heterocycles. The second kappa shape index (κ2) is 10.7. The molecule has 0 saturated heterocycles. The smallest absolute Gasteiger partial charge is 0.230 e. The maximum absolute atomic E-state index is 12.5. The fourth-order valence-electron chi connectivity index (χ4n) is 9.40. The van der Waals surface area contributed by atoms with Gasteiger partial charge in [0.25, 0.3) is 0 Å². The van der Waals surface area contributed by atoms with Crippen LogP contribution in [0.5, 0.6) is 0 Å². The SMILES string of the molecule is CCNc1ccc(SNC(=O)CCCC2CCC3C4CCC5CCCCC5(C)C4CCC23C)cc1. The summed E-state index contributed by atoms with van der Waals surface area (Å²) in [5.74, 6) is 4.94. The number of hydrogen-bond donors (Lipinski definition) is 2. The number of nitrogens with one attached hydrogen (secondary N) is 2. The summed E-state index contributed by atoms with van der Waals surface area (Å²) in [5, 5.41) is 3.31. The number of hydrogen-bond acceptors (Lipinski definition) is 3. The van der Waals surface area contributed by atoms with E-state index in [0.29, 0.717) is 17.3 Å². The molecule has 5 rings (SSSR count). The molecule has 7 unspecified atom stereocenters. The first-order valence-corrected chi connectivity index (χ1v) is 15.6. The molecule has 1 aromatic rings. The Labute approximate surface area is 218 Å². The van der Waals surface area contributed by atoms with Crippen molar-refractivity contribution in [3.05, 3.63) is 24.3 Å². The predicted molar refractivity (Wildman–Crippen MR) is 148 cm³/mol. The van der Waals surface area contributed by atoms with Gasteiger partial charge in [-0.15, -0.1) is 0 Å². The fraction of sp³-hybridized carbons (Fsp3) is 0.774. The van der Waals surface area contributed by atoms with Gasteiger partial charge in [0.1, 0.15) is 0 Å². The van der Waals surface area contributed by atoms with Crippen molar-refractivity contribution < 1.29 is 4.79 Å². The minimum Gasteiger partial charge on any atom is -0.385 e. The second-order valence-electron chi connectivity index (χ2n) is 12.8. The molecule has 4 heteroatoms. The fourth-order valence-corrected chi connectivity index (χ4v) is 10.0. The average molecular weight is 497 g/mol. The van der Waals surface area contributed by atoms with Crippen molar-refractivity contribution in [3.8, 4) is 0 Å². The third-order valence-corrected chi connectivity index (χ3v) is 12.1. The van der Waals surface area contributed by atoms with E-state index in [4.69, 9.17) is 0 Å². The number of amides is 1. The Hall–Kier alpha value is -1.16. The van der Waals surface area contributed by atoms with Crippen LogP contribution in [0.25, 0.3) is 0 Å². The first kappa shape index (κ1) is 25.5. The van der Waals surface area contributed by atoms with E-state index in [-0.39, 0.29) is 5.91 Å². The second-order valence-corrected chi connectivity index (χ2v) is 13.7. The Balaban J connectivity index is 1.10.